The number of aromatic nitrogens is 5. The summed E-state index contributed by atoms with van der Waals surface area (Å²) in [5.41, 5.74) is 7.49. The molecule has 8 heteroatoms. The zero-order chi connectivity index (χ0) is 16.0. The molecule has 0 aromatic carbocycles. The Bertz CT molecular complexity index is 851. The van der Waals surface area contributed by atoms with Crippen LogP contribution in [0.5, 0.6) is 0 Å². The number of hydrogen-bond acceptors (Lipinski definition) is 6. The van der Waals surface area contributed by atoms with Crippen LogP contribution in [-0.4, -0.2) is 24.9 Å². The highest BCUT2D eigenvalue weighted by Gasteiger charge is 2.39. The lowest BCUT2D eigenvalue weighted by Gasteiger charge is -2.34. The molecule has 0 spiro atoms. The number of pyridine rings is 1. The van der Waals surface area contributed by atoms with Gasteiger partial charge in [0.05, 0.1) is 17.3 Å². The fourth-order valence-electron chi connectivity index (χ4n) is 2.89. The van der Waals surface area contributed by atoms with E-state index in [0.717, 1.165) is 42.4 Å². The Morgan fingerprint density at radius 2 is 2.12 bits per heavy atom. The third-order valence-electron chi connectivity index (χ3n) is 4.38. The van der Waals surface area contributed by atoms with Gasteiger partial charge in [0.1, 0.15) is 0 Å². The minimum absolute atomic E-state index is 0. The molecule has 0 saturated heterocycles. The van der Waals surface area contributed by atoms with Crippen LogP contribution in [0.1, 0.15) is 38.9 Å². The van der Waals surface area contributed by atoms with Crippen LogP contribution in [0.4, 0.5) is 0 Å². The summed E-state index contributed by atoms with van der Waals surface area (Å²) in [6.45, 7) is 5.16. The van der Waals surface area contributed by atoms with Crippen LogP contribution in [0.25, 0.3) is 22.5 Å². The number of rotatable bonds is 4. The lowest BCUT2D eigenvalue weighted by atomic mass is 9.77. The predicted octanol–water partition coefficient (Wildman–Crippen LogP) is 2.90. The summed E-state index contributed by atoms with van der Waals surface area (Å²) in [5, 5.41) is 9.42. The van der Waals surface area contributed by atoms with E-state index in [-0.39, 0.29) is 12.4 Å². The van der Waals surface area contributed by atoms with Gasteiger partial charge in [0, 0.05) is 18.1 Å². The predicted molar refractivity (Wildman–Crippen MR) is 92.6 cm³/mol. The smallest absolute Gasteiger partial charge is 0.259 e. The van der Waals surface area contributed by atoms with Crippen molar-refractivity contribution in [2.45, 2.75) is 45.2 Å². The molecule has 1 aliphatic carbocycles. The molecule has 7 nitrogen and oxygen atoms in total. The maximum Gasteiger partial charge on any atom is 0.259 e. The maximum absolute atomic E-state index is 6.24. The largest absolute Gasteiger partial charge is 0.334 e. The average Bonchev–Trinajstić information content (AvgIpc) is 3.11. The average molecular weight is 349 g/mol. The van der Waals surface area contributed by atoms with E-state index < -0.39 is 5.54 Å². The van der Waals surface area contributed by atoms with Gasteiger partial charge in [0.25, 0.3) is 5.89 Å². The molecule has 3 aromatic heterocycles. The Labute approximate surface area is 146 Å². The van der Waals surface area contributed by atoms with Crippen molar-refractivity contribution in [3.63, 3.8) is 0 Å². The summed E-state index contributed by atoms with van der Waals surface area (Å²) < 4.78 is 7.31. The van der Waals surface area contributed by atoms with Gasteiger partial charge in [0.2, 0.25) is 0 Å². The maximum atomic E-state index is 6.24. The van der Waals surface area contributed by atoms with Gasteiger partial charge in [-0.1, -0.05) is 19.0 Å². The van der Waals surface area contributed by atoms with E-state index >= 15 is 0 Å². The molecule has 2 N–H and O–H groups in total. The number of fused-ring (bicyclic) bond motifs is 1. The molecule has 1 fully saturated rings. The van der Waals surface area contributed by atoms with Crippen LogP contribution in [0.2, 0.25) is 0 Å². The molecule has 1 aliphatic rings. The number of halogens is 1. The third kappa shape index (κ3) is 2.78. The SMILES string of the molecule is CC(C)Cn1ncc2cc(-c3nc(C4(N)CCC4)no3)cnc21.Cl. The van der Waals surface area contributed by atoms with Gasteiger partial charge < -0.3 is 10.3 Å². The normalized spacial score (nSPS) is 16.2. The molecule has 0 aliphatic heterocycles. The minimum atomic E-state index is -0.415. The van der Waals surface area contributed by atoms with Crippen LogP contribution in [-0.2, 0) is 12.1 Å². The molecule has 3 heterocycles. The Morgan fingerprint density at radius 3 is 2.79 bits per heavy atom. The van der Waals surface area contributed by atoms with Gasteiger partial charge in [-0.3, -0.25) is 0 Å². The molecule has 0 bridgehead atoms. The molecule has 0 radical (unpaired) electrons. The first-order valence-electron chi connectivity index (χ1n) is 8.00. The summed E-state index contributed by atoms with van der Waals surface area (Å²) >= 11 is 0. The van der Waals surface area contributed by atoms with Crippen molar-refractivity contribution in [2.24, 2.45) is 11.7 Å². The number of hydrogen-bond donors (Lipinski definition) is 1. The monoisotopic (exact) mass is 348 g/mol. The fourth-order valence-corrected chi connectivity index (χ4v) is 2.89. The number of nitrogens with zero attached hydrogens (tertiary/aromatic N) is 5. The Kier molecular flexibility index (Phi) is 4.31. The lowest BCUT2D eigenvalue weighted by Crippen LogP contribution is -2.44. The van der Waals surface area contributed by atoms with Crippen LogP contribution in [0.15, 0.2) is 23.0 Å². The van der Waals surface area contributed by atoms with Crippen molar-refractivity contribution < 1.29 is 4.52 Å². The highest BCUT2D eigenvalue weighted by Crippen LogP contribution is 2.37. The summed E-state index contributed by atoms with van der Waals surface area (Å²) in [5.74, 6) is 1.57. The second-order valence-corrected chi connectivity index (χ2v) is 6.79. The fraction of sp³-hybridized carbons (Fsp3) is 0.500. The quantitative estimate of drug-likeness (QED) is 0.778. The molecular weight excluding hydrogens is 328 g/mol. The molecule has 0 unspecified atom stereocenters. The molecule has 1 saturated carbocycles. The lowest BCUT2D eigenvalue weighted by molar-refractivity contribution is 0.229. The first kappa shape index (κ1) is 16.9. The van der Waals surface area contributed by atoms with Gasteiger partial charge >= 0.3 is 0 Å². The van der Waals surface area contributed by atoms with Crippen LogP contribution in [0, 0.1) is 5.92 Å². The van der Waals surface area contributed by atoms with E-state index in [9.17, 15) is 0 Å². The van der Waals surface area contributed by atoms with E-state index in [4.69, 9.17) is 10.3 Å². The Morgan fingerprint density at radius 1 is 1.33 bits per heavy atom. The van der Waals surface area contributed by atoms with Crippen molar-refractivity contribution >= 4 is 23.4 Å². The van der Waals surface area contributed by atoms with Gasteiger partial charge in [-0.2, -0.15) is 10.1 Å². The molecular formula is C16H21ClN6O. The summed E-state index contributed by atoms with van der Waals surface area (Å²) in [6.07, 6.45) is 6.50. The van der Waals surface area contributed by atoms with Gasteiger partial charge in [-0.05, 0) is 31.2 Å². The van der Waals surface area contributed by atoms with Crippen molar-refractivity contribution in [3.05, 3.63) is 24.3 Å². The van der Waals surface area contributed by atoms with E-state index in [1.165, 1.54) is 0 Å². The van der Waals surface area contributed by atoms with E-state index in [1.807, 2.05) is 16.9 Å². The Hall–Kier alpha value is -1.99. The van der Waals surface area contributed by atoms with Crippen molar-refractivity contribution in [2.75, 3.05) is 0 Å². The van der Waals surface area contributed by atoms with Crippen LogP contribution < -0.4 is 5.73 Å². The molecule has 4 rings (SSSR count). The molecule has 0 atom stereocenters. The summed E-state index contributed by atoms with van der Waals surface area (Å²) in [7, 11) is 0. The first-order valence-corrected chi connectivity index (χ1v) is 8.00. The van der Waals surface area contributed by atoms with Gasteiger partial charge in [-0.15, -0.1) is 12.4 Å². The summed E-state index contributed by atoms with van der Waals surface area (Å²) in [4.78, 5) is 8.98. The molecule has 0 amide bonds. The highest BCUT2D eigenvalue weighted by molar-refractivity contribution is 5.85. The zero-order valence-electron chi connectivity index (χ0n) is 13.8. The van der Waals surface area contributed by atoms with Gasteiger partial charge in [-0.25, -0.2) is 9.67 Å². The van der Waals surface area contributed by atoms with Crippen LogP contribution >= 0.6 is 12.4 Å². The minimum Gasteiger partial charge on any atom is -0.334 e. The second kappa shape index (κ2) is 6.14. The van der Waals surface area contributed by atoms with Gasteiger partial charge in [0.15, 0.2) is 11.5 Å². The number of nitrogens with two attached hydrogens (primary N) is 1. The zero-order valence-corrected chi connectivity index (χ0v) is 14.6. The first-order chi connectivity index (χ1) is 11.0. The second-order valence-electron chi connectivity index (χ2n) is 6.79. The highest BCUT2D eigenvalue weighted by atomic mass is 35.5. The van der Waals surface area contributed by atoms with E-state index in [1.54, 1.807) is 6.20 Å². The third-order valence-corrected chi connectivity index (χ3v) is 4.38. The molecule has 3 aromatic rings. The van der Waals surface area contributed by atoms with Crippen LogP contribution in [0.3, 0.4) is 0 Å². The Balaban J connectivity index is 0.00000169. The topological polar surface area (TPSA) is 95.7 Å². The molecule has 128 valence electrons. The molecule has 24 heavy (non-hydrogen) atoms. The standard InChI is InChI=1S/C16H20N6O.ClH/c1-10(2)9-22-13-11(8-19-22)6-12(7-18-13)14-20-15(21-23-14)16(17)4-3-5-16;/h6-8,10H,3-5,9,17H2,1-2H3;1H. The van der Waals surface area contributed by atoms with Crippen molar-refractivity contribution in [1.82, 2.24) is 24.9 Å². The van der Waals surface area contributed by atoms with Crippen molar-refractivity contribution in [3.8, 4) is 11.5 Å². The van der Waals surface area contributed by atoms with Crippen molar-refractivity contribution in [1.29, 1.82) is 0 Å². The van der Waals surface area contributed by atoms with E-state index in [2.05, 4.69) is 34.1 Å². The van der Waals surface area contributed by atoms with E-state index in [0.29, 0.717) is 17.6 Å². The summed E-state index contributed by atoms with van der Waals surface area (Å²) in [6, 6.07) is 1.98.